The highest BCUT2D eigenvalue weighted by molar-refractivity contribution is 7.99. The van der Waals surface area contributed by atoms with Crippen molar-refractivity contribution < 1.29 is 14.3 Å². The molecule has 1 amide bonds. The van der Waals surface area contributed by atoms with Gasteiger partial charge in [-0.05, 0) is 6.07 Å². The van der Waals surface area contributed by atoms with Crippen LogP contribution >= 0.6 is 23.4 Å². The Balaban J connectivity index is 1.45. The summed E-state index contributed by atoms with van der Waals surface area (Å²) in [7, 11) is 3.05. The van der Waals surface area contributed by atoms with E-state index in [9.17, 15) is 4.79 Å². The summed E-state index contributed by atoms with van der Waals surface area (Å²) in [5, 5.41) is 4.01. The van der Waals surface area contributed by atoms with E-state index in [0.29, 0.717) is 34.4 Å². The number of hydrogen-bond donors (Lipinski definition) is 2. The smallest absolute Gasteiger partial charge is 0.225 e. The molecule has 34 heavy (non-hydrogen) atoms. The number of aromatic amines is 1. The number of carbonyl (C=O) groups is 1. The van der Waals surface area contributed by atoms with Crippen LogP contribution in [0.15, 0.2) is 78.0 Å². The van der Waals surface area contributed by atoms with Gasteiger partial charge in [0.05, 0.1) is 36.3 Å². The number of amides is 1. The lowest BCUT2D eigenvalue weighted by atomic mass is 10.1. The largest absolute Gasteiger partial charge is 0.495 e. The number of benzene rings is 3. The van der Waals surface area contributed by atoms with E-state index in [1.165, 1.54) is 26.0 Å². The maximum absolute atomic E-state index is 12.6. The normalized spacial score (nSPS) is 10.7. The summed E-state index contributed by atoms with van der Waals surface area (Å²) < 4.78 is 10.5. The van der Waals surface area contributed by atoms with E-state index in [1.54, 1.807) is 12.1 Å². The zero-order valence-corrected chi connectivity index (χ0v) is 20.4. The predicted molar refractivity (Wildman–Crippen MR) is 138 cm³/mol. The number of hydrogen-bond acceptors (Lipinski definition) is 5. The average Bonchev–Trinajstić information content (AvgIpc) is 3.29. The average molecular weight is 494 g/mol. The number of ether oxygens (including phenoxy) is 2. The minimum atomic E-state index is -0.148. The lowest BCUT2D eigenvalue weighted by Gasteiger charge is -2.13. The minimum Gasteiger partial charge on any atom is -0.495 e. The summed E-state index contributed by atoms with van der Waals surface area (Å²) in [5.41, 5.74) is 4.43. The van der Waals surface area contributed by atoms with Gasteiger partial charge in [0, 0.05) is 29.4 Å². The number of methoxy groups -OCH3 is 2. The van der Waals surface area contributed by atoms with Crippen LogP contribution in [0.4, 0.5) is 5.69 Å². The van der Waals surface area contributed by atoms with E-state index in [1.807, 2.05) is 48.5 Å². The van der Waals surface area contributed by atoms with Gasteiger partial charge >= 0.3 is 0 Å². The number of carbonyl (C=O) groups excluding carboxylic acids is 1. The molecule has 0 saturated heterocycles. The number of halogens is 1. The third-order valence-electron chi connectivity index (χ3n) is 5.11. The van der Waals surface area contributed by atoms with Crippen molar-refractivity contribution in [2.24, 2.45) is 0 Å². The summed E-state index contributed by atoms with van der Waals surface area (Å²) in [6.07, 6.45) is 0.291. The lowest BCUT2D eigenvalue weighted by molar-refractivity contribution is -0.115. The third-order valence-corrected chi connectivity index (χ3v) is 6.28. The highest BCUT2D eigenvalue weighted by atomic mass is 35.5. The molecule has 0 aliphatic carbocycles. The van der Waals surface area contributed by atoms with E-state index >= 15 is 0 Å². The monoisotopic (exact) mass is 493 g/mol. The van der Waals surface area contributed by atoms with Crippen LogP contribution in [0, 0.1) is 0 Å². The number of anilines is 1. The fraction of sp³-hybridized carbons (Fsp3) is 0.154. The van der Waals surface area contributed by atoms with Crippen molar-refractivity contribution in [3.05, 3.63) is 77.8 Å². The molecule has 0 radical (unpaired) electrons. The van der Waals surface area contributed by atoms with Crippen LogP contribution in [0.1, 0.15) is 6.42 Å². The van der Waals surface area contributed by atoms with Gasteiger partial charge in [-0.1, -0.05) is 84.0 Å². The summed E-state index contributed by atoms with van der Waals surface area (Å²) in [5.74, 6) is 1.36. The molecule has 0 atom stereocenters. The fourth-order valence-corrected chi connectivity index (χ4v) is 4.50. The Morgan fingerprint density at radius 1 is 0.971 bits per heavy atom. The number of nitrogens with one attached hydrogen (secondary N) is 2. The van der Waals surface area contributed by atoms with Crippen LogP contribution in [0.2, 0.25) is 5.02 Å². The first-order chi connectivity index (χ1) is 16.6. The number of nitrogens with zero attached hydrogens (tertiary/aromatic N) is 1. The standard InChI is InChI=1S/C26H24ClN3O3S/c1-32-21-16-22(33-2)20(15-19(21)27)28-23(31)13-14-34-26-29-24(17-9-5-3-6-10-17)25(30-26)18-11-7-4-8-12-18/h3-12,15-16H,13-14H2,1-2H3,(H,28,31)(H,29,30). The molecule has 1 aromatic heterocycles. The summed E-state index contributed by atoms with van der Waals surface area (Å²) >= 11 is 7.69. The zero-order valence-electron chi connectivity index (χ0n) is 18.8. The first kappa shape index (κ1) is 23.7. The summed E-state index contributed by atoms with van der Waals surface area (Å²) in [6.45, 7) is 0. The maximum Gasteiger partial charge on any atom is 0.225 e. The van der Waals surface area contributed by atoms with E-state index in [-0.39, 0.29) is 5.91 Å². The highest BCUT2D eigenvalue weighted by Gasteiger charge is 2.16. The second kappa shape index (κ2) is 11.1. The Bertz CT molecular complexity index is 1210. The second-order valence-corrected chi connectivity index (χ2v) is 8.82. The maximum atomic E-state index is 12.6. The van der Waals surface area contributed by atoms with Crippen LogP contribution in [0.25, 0.3) is 22.5 Å². The molecule has 0 aliphatic heterocycles. The van der Waals surface area contributed by atoms with Gasteiger partial charge in [-0.2, -0.15) is 0 Å². The van der Waals surface area contributed by atoms with Gasteiger partial charge < -0.3 is 19.8 Å². The molecule has 8 heteroatoms. The predicted octanol–water partition coefficient (Wildman–Crippen LogP) is 6.54. The van der Waals surface area contributed by atoms with E-state index in [0.717, 1.165) is 27.7 Å². The molecule has 0 unspecified atom stereocenters. The number of aromatic nitrogens is 2. The highest BCUT2D eigenvalue weighted by Crippen LogP contribution is 2.36. The van der Waals surface area contributed by atoms with Crippen LogP contribution in [-0.4, -0.2) is 35.8 Å². The minimum absolute atomic E-state index is 0.148. The summed E-state index contributed by atoms with van der Waals surface area (Å²) in [6, 6.07) is 23.4. The Hall–Kier alpha value is -3.42. The molecule has 4 aromatic rings. The third kappa shape index (κ3) is 5.55. The van der Waals surface area contributed by atoms with Crippen molar-refractivity contribution in [1.29, 1.82) is 0 Å². The fourth-order valence-electron chi connectivity index (χ4n) is 3.45. The second-order valence-electron chi connectivity index (χ2n) is 7.33. The van der Waals surface area contributed by atoms with Crippen LogP contribution < -0.4 is 14.8 Å². The van der Waals surface area contributed by atoms with Gasteiger partial charge in [0.1, 0.15) is 11.5 Å². The first-order valence-electron chi connectivity index (χ1n) is 10.6. The van der Waals surface area contributed by atoms with Crippen LogP contribution in [0.5, 0.6) is 11.5 Å². The quantitative estimate of drug-likeness (QED) is 0.259. The lowest BCUT2D eigenvalue weighted by Crippen LogP contribution is -2.13. The van der Waals surface area contributed by atoms with Gasteiger partial charge in [0.2, 0.25) is 5.91 Å². The Kier molecular flexibility index (Phi) is 7.77. The molecule has 6 nitrogen and oxygen atoms in total. The Morgan fingerprint density at radius 2 is 1.62 bits per heavy atom. The number of imidazole rings is 1. The van der Waals surface area contributed by atoms with Gasteiger partial charge in [-0.25, -0.2) is 4.98 Å². The Labute approximate surface area is 207 Å². The number of H-pyrrole nitrogens is 1. The van der Waals surface area contributed by atoms with Gasteiger partial charge in [0.15, 0.2) is 5.16 Å². The molecule has 0 bridgehead atoms. The number of thioether (sulfide) groups is 1. The van der Waals surface area contributed by atoms with Crippen molar-refractivity contribution >= 4 is 35.0 Å². The molecule has 0 fully saturated rings. The first-order valence-corrected chi connectivity index (χ1v) is 12.0. The number of rotatable bonds is 9. The van der Waals surface area contributed by atoms with Gasteiger partial charge in [0.25, 0.3) is 0 Å². The van der Waals surface area contributed by atoms with Crippen LogP contribution in [0.3, 0.4) is 0 Å². The topological polar surface area (TPSA) is 76.2 Å². The van der Waals surface area contributed by atoms with Crippen molar-refractivity contribution in [2.45, 2.75) is 11.6 Å². The zero-order chi connectivity index (χ0) is 23.9. The molecular weight excluding hydrogens is 470 g/mol. The van der Waals surface area contributed by atoms with E-state index < -0.39 is 0 Å². The van der Waals surface area contributed by atoms with Crippen molar-refractivity contribution in [3.8, 4) is 34.0 Å². The van der Waals surface area contributed by atoms with Crippen LogP contribution in [-0.2, 0) is 4.79 Å². The van der Waals surface area contributed by atoms with Gasteiger partial charge in [-0.15, -0.1) is 0 Å². The molecule has 174 valence electrons. The Morgan fingerprint density at radius 3 is 2.26 bits per heavy atom. The van der Waals surface area contributed by atoms with Crippen molar-refractivity contribution in [2.75, 3.05) is 25.3 Å². The van der Waals surface area contributed by atoms with E-state index in [4.69, 9.17) is 26.1 Å². The molecule has 1 heterocycles. The molecule has 0 saturated carbocycles. The van der Waals surface area contributed by atoms with Crippen molar-refractivity contribution in [1.82, 2.24) is 9.97 Å². The molecule has 0 spiro atoms. The SMILES string of the molecule is COc1cc(OC)c(NC(=O)CCSc2nc(-c3ccccc3)c(-c3ccccc3)[nH]2)cc1Cl. The molecule has 0 aliphatic rings. The van der Waals surface area contributed by atoms with E-state index in [2.05, 4.69) is 22.4 Å². The molecule has 3 aromatic carbocycles. The van der Waals surface area contributed by atoms with Gasteiger partial charge in [-0.3, -0.25) is 4.79 Å². The molecule has 4 rings (SSSR count). The molecule has 2 N–H and O–H groups in total. The van der Waals surface area contributed by atoms with Crippen molar-refractivity contribution in [3.63, 3.8) is 0 Å². The summed E-state index contributed by atoms with van der Waals surface area (Å²) in [4.78, 5) is 20.8. The molecular formula is C26H24ClN3O3S.